The maximum absolute atomic E-state index is 13.5. The molecule has 0 aliphatic carbocycles. The minimum Gasteiger partial charge on any atom is -0.490 e. The first-order chi connectivity index (χ1) is 14.7. The van der Waals surface area contributed by atoms with Crippen LogP contribution in [0.3, 0.4) is 0 Å². The summed E-state index contributed by atoms with van der Waals surface area (Å²) in [5, 5.41) is 0. The summed E-state index contributed by atoms with van der Waals surface area (Å²) in [7, 11) is 0. The van der Waals surface area contributed by atoms with Crippen LogP contribution in [0.25, 0.3) is 0 Å². The maximum atomic E-state index is 13.5. The highest BCUT2D eigenvalue weighted by molar-refractivity contribution is 5.95. The number of amides is 1. The van der Waals surface area contributed by atoms with Gasteiger partial charge < -0.3 is 18.8 Å². The number of ether oxygens (including phenoxy) is 2. The number of rotatable bonds is 7. The van der Waals surface area contributed by atoms with Crippen LogP contribution >= 0.6 is 0 Å². The fourth-order valence-corrected chi connectivity index (χ4v) is 3.64. The maximum Gasteiger partial charge on any atom is 0.254 e. The van der Waals surface area contributed by atoms with Gasteiger partial charge in [0.2, 0.25) is 0 Å². The Bertz CT molecular complexity index is 953. The largest absolute Gasteiger partial charge is 0.490 e. The standard InChI is InChI=1S/C25H27NO4/c1-19(10-11-20-7-3-2-4-8-20)26(18-22-9-5-14-28-22)25(27)21-12-13-23-24(17-21)30-16-6-15-29-23/h2-5,7-9,12-14,17,19H,6,10-11,15-16,18H2,1H3/t19-/m1/s1. The van der Waals surface area contributed by atoms with Crippen LogP contribution in [-0.2, 0) is 13.0 Å². The lowest BCUT2D eigenvalue weighted by Gasteiger charge is -2.29. The van der Waals surface area contributed by atoms with Crippen LogP contribution in [0.15, 0.2) is 71.3 Å². The van der Waals surface area contributed by atoms with E-state index in [0.717, 1.165) is 25.0 Å². The van der Waals surface area contributed by atoms with Crippen molar-refractivity contribution in [3.63, 3.8) is 0 Å². The summed E-state index contributed by atoms with van der Waals surface area (Å²) >= 11 is 0. The van der Waals surface area contributed by atoms with E-state index >= 15 is 0 Å². The molecule has 2 aromatic carbocycles. The van der Waals surface area contributed by atoms with Crippen LogP contribution in [0.5, 0.6) is 11.5 Å². The van der Waals surface area contributed by atoms with Gasteiger partial charge in [-0.3, -0.25) is 4.79 Å². The molecule has 1 aliphatic heterocycles. The highest BCUT2D eigenvalue weighted by Gasteiger charge is 2.24. The summed E-state index contributed by atoms with van der Waals surface area (Å²) in [6.07, 6.45) is 4.24. The minimum atomic E-state index is -0.0393. The zero-order valence-electron chi connectivity index (χ0n) is 17.3. The molecule has 0 fully saturated rings. The lowest BCUT2D eigenvalue weighted by atomic mass is 10.0. The SMILES string of the molecule is C[C@H](CCc1ccccc1)N(Cc1ccco1)C(=O)c1ccc2c(c1)OCCCO2. The van der Waals surface area contributed by atoms with E-state index in [4.69, 9.17) is 13.9 Å². The van der Waals surface area contributed by atoms with Gasteiger partial charge in [0.25, 0.3) is 5.91 Å². The normalized spacial score (nSPS) is 14.0. The molecule has 30 heavy (non-hydrogen) atoms. The van der Waals surface area contributed by atoms with Crippen LogP contribution in [0, 0.1) is 0 Å². The number of aryl methyl sites for hydroxylation is 1. The Balaban J connectivity index is 1.54. The molecule has 5 nitrogen and oxygen atoms in total. The molecule has 0 unspecified atom stereocenters. The molecular formula is C25H27NO4. The molecule has 0 radical (unpaired) electrons. The molecule has 0 spiro atoms. The van der Waals surface area contributed by atoms with Gasteiger partial charge in [-0.25, -0.2) is 0 Å². The Labute approximate surface area is 177 Å². The van der Waals surface area contributed by atoms with Crippen molar-refractivity contribution in [2.24, 2.45) is 0 Å². The predicted octanol–water partition coefficient (Wildman–Crippen LogP) is 5.10. The van der Waals surface area contributed by atoms with Gasteiger partial charge in [-0.05, 0) is 55.7 Å². The number of furan rings is 1. The molecule has 1 amide bonds. The summed E-state index contributed by atoms with van der Waals surface area (Å²) < 4.78 is 17.0. The van der Waals surface area contributed by atoms with Gasteiger partial charge in [0, 0.05) is 18.0 Å². The number of benzene rings is 2. The van der Waals surface area contributed by atoms with Gasteiger partial charge in [0.05, 0.1) is 26.0 Å². The molecule has 0 saturated heterocycles. The molecule has 4 rings (SSSR count). The molecule has 3 aromatic rings. The van der Waals surface area contributed by atoms with E-state index in [1.54, 1.807) is 12.3 Å². The second-order valence-corrected chi connectivity index (χ2v) is 7.60. The lowest BCUT2D eigenvalue weighted by molar-refractivity contribution is 0.0651. The molecule has 0 saturated carbocycles. The Hall–Kier alpha value is -3.21. The van der Waals surface area contributed by atoms with Gasteiger partial charge in [-0.2, -0.15) is 0 Å². The first-order valence-corrected chi connectivity index (χ1v) is 10.5. The zero-order chi connectivity index (χ0) is 20.8. The number of carbonyl (C=O) groups excluding carboxylic acids is 1. The molecule has 0 N–H and O–H groups in total. The average Bonchev–Trinajstić information content (AvgIpc) is 3.19. The molecule has 2 heterocycles. The second kappa shape index (κ2) is 9.53. The summed E-state index contributed by atoms with van der Waals surface area (Å²) in [6.45, 7) is 3.73. The number of carbonyl (C=O) groups is 1. The van der Waals surface area contributed by atoms with Crippen LogP contribution in [0.4, 0.5) is 0 Å². The summed E-state index contributed by atoms with van der Waals surface area (Å²) in [6, 6.07) is 19.6. The fourth-order valence-electron chi connectivity index (χ4n) is 3.64. The molecule has 1 atom stereocenters. The van der Waals surface area contributed by atoms with Crippen molar-refractivity contribution in [3.05, 3.63) is 83.8 Å². The highest BCUT2D eigenvalue weighted by Crippen LogP contribution is 2.31. The number of nitrogens with zero attached hydrogens (tertiary/aromatic N) is 1. The Kier molecular flexibility index (Phi) is 6.38. The van der Waals surface area contributed by atoms with E-state index in [2.05, 4.69) is 19.1 Å². The quantitative estimate of drug-likeness (QED) is 0.548. The summed E-state index contributed by atoms with van der Waals surface area (Å²) in [5.74, 6) is 2.05. The average molecular weight is 405 g/mol. The second-order valence-electron chi connectivity index (χ2n) is 7.60. The van der Waals surface area contributed by atoms with Gasteiger partial charge in [0.15, 0.2) is 11.5 Å². The summed E-state index contributed by atoms with van der Waals surface area (Å²) in [4.78, 5) is 15.4. The predicted molar refractivity (Wildman–Crippen MR) is 115 cm³/mol. The van der Waals surface area contributed by atoms with Gasteiger partial charge in [-0.15, -0.1) is 0 Å². The van der Waals surface area contributed by atoms with Crippen LogP contribution < -0.4 is 9.47 Å². The van der Waals surface area contributed by atoms with Crippen molar-refractivity contribution in [3.8, 4) is 11.5 Å². The Morgan fingerprint density at radius 1 is 1.00 bits per heavy atom. The number of hydrogen-bond acceptors (Lipinski definition) is 4. The molecule has 1 aromatic heterocycles. The van der Waals surface area contributed by atoms with Gasteiger partial charge >= 0.3 is 0 Å². The number of hydrogen-bond donors (Lipinski definition) is 0. The van der Waals surface area contributed by atoms with Crippen molar-refractivity contribution >= 4 is 5.91 Å². The molecule has 5 heteroatoms. The van der Waals surface area contributed by atoms with E-state index < -0.39 is 0 Å². The highest BCUT2D eigenvalue weighted by atomic mass is 16.5. The van der Waals surface area contributed by atoms with E-state index in [9.17, 15) is 4.79 Å². The first kappa shape index (κ1) is 20.1. The van der Waals surface area contributed by atoms with Crippen molar-refractivity contribution < 1.29 is 18.7 Å². The first-order valence-electron chi connectivity index (χ1n) is 10.5. The van der Waals surface area contributed by atoms with Gasteiger partial charge in [-0.1, -0.05) is 30.3 Å². The molecular weight excluding hydrogens is 378 g/mol. The van der Waals surface area contributed by atoms with Crippen LogP contribution in [-0.4, -0.2) is 30.1 Å². The molecule has 1 aliphatic rings. The van der Waals surface area contributed by atoms with Crippen molar-refractivity contribution in [2.75, 3.05) is 13.2 Å². The smallest absolute Gasteiger partial charge is 0.254 e. The molecule has 0 bridgehead atoms. The summed E-state index contributed by atoms with van der Waals surface area (Å²) in [5.41, 5.74) is 1.86. The third-order valence-electron chi connectivity index (χ3n) is 5.39. The monoisotopic (exact) mass is 405 g/mol. The van der Waals surface area contributed by atoms with E-state index in [-0.39, 0.29) is 11.9 Å². The van der Waals surface area contributed by atoms with E-state index in [1.807, 2.05) is 47.4 Å². The van der Waals surface area contributed by atoms with Crippen molar-refractivity contribution in [1.29, 1.82) is 0 Å². The van der Waals surface area contributed by atoms with Gasteiger partial charge in [0.1, 0.15) is 5.76 Å². The topological polar surface area (TPSA) is 51.9 Å². The Morgan fingerprint density at radius 3 is 2.57 bits per heavy atom. The third kappa shape index (κ3) is 4.85. The Morgan fingerprint density at radius 2 is 1.80 bits per heavy atom. The van der Waals surface area contributed by atoms with E-state index in [0.29, 0.717) is 36.8 Å². The lowest BCUT2D eigenvalue weighted by Crippen LogP contribution is -2.38. The number of fused-ring (bicyclic) bond motifs is 1. The van der Waals surface area contributed by atoms with Crippen LogP contribution in [0.1, 0.15) is 41.4 Å². The third-order valence-corrected chi connectivity index (χ3v) is 5.39. The van der Waals surface area contributed by atoms with Crippen molar-refractivity contribution in [2.45, 2.75) is 38.8 Å². The fraction of sp³-hybridized carbons (Fsp3) is 0.320. The zero-order valence-corrected chi connectivity index (χ0v) is 17.3. The van der Waals surface area contributed by atoms with Crippen LogP contribution in [0.2, 0.25) is 0 Å². The minimum absolute atomic E-state index is 0.0393. The van der Waals surface area contributed by atoms with Crippen molar-refractivity contribution in [1.82, 2.24) is 4.90 Å². The van der Waals surface area contributed by atoms with E-state index in [1.165, 1.54) is 5.56 Å². The molecule has 156 valence electrons.